The van der Waals surface area contributed by atoms with Gasteiger partial charge in [0.25, 0.3) is 0 Å². The molecule has 6 heteroatoms. The molecule has 0 aromatic carbocycles. The molecule has 1 N–H and O–H groups in total. The Morgan fingerprint density at radius 1 is 1.25 bits per heavy atom. The molecule has 3 aromatic heterocycles. The number of nitrogens with one attached hydrogen (secondary N) is 1. The van der Waals surface area contributed by atoms with Gasteiger partial charge in [-0.2, -0.15) is 0 Å². The molecule has 0 saturated heterocycles. The summed E-state index contributed by atoms with van der Waals surface area (Å²) in [5, 5.41) is 3.16. The van der Waals surface area contributed by atoms with E-state index >= 15 is 0 Å². The number of nitrogens with zero attached hydrogens (tertiary/aromatic N) is 3. The lowest BCUT2D eigenvalue weighted by molar-refractivity contribution is 0.616. The van der Waals surface area contributed by atoms with Crippen molar-refractivity contribution in [2.45, 2.75) is 19.9 Å². The molecule has 20 heavy (non-hydrogen) atoms. The maximum absolute atomic E-state index is 13.2. The third-order valence-corrected chi connectivity index (χ3v) is 3.94. The second-order valence-electron chi connectivity index (χ2n) is 4.60. The van der Waals surface area contributed by atoms with E-state index in [0.717, 1.165) is 15.8 Å². The zero-order chi connectivity index (χ0) is 14.1. The molecule has 3 aromatic rings. The van der Waals surface area contributed by atoms with Gasteiger partial charge in [0.1, 0.15) is 5.82 Å². The smallest absolute Gasteiger partial charge is 0.223 e. The molecule has 0 amide bonds. The number of hydrogen-bond acceptors (Lipinski definition) is 5. The number of pyridine rings is 1. The zero-order valence-electron chi connectivity index (χ0n) is 11.1. The van der Waals surface area contributed by atoms with Crippen LogP contribution in [0.15, 0.2) is 30.7 Å². The number of halogens is 1. The van der Waals surface area contributed by atoms with Crippen molar-refractivity contribution in [3.63, 3.8) is 0 Å². The van der Waals surface area contributed by atoms with E-state index in [2.05, 4.69) is 20.3 Å². The molecule has 0 saturated carbocycles. The van der Waals surface area contributed by atoms with Crippen LogP contribution in [0.3, 0.4) is 0 Å². The van der Waals surface area contributed by atoms with Gasteiger partial charge in [-0.15, -0.1) is 11.3 Å². The summed E-state index contributed by atoms with van der Waals surface area (Å²) in [5.74, 6) is 0.188. The summed E-state index contributed by atoms with van der Waals surface area (Å²) in [7, 11) is 0. The van der Waals surface area contributed by atoms with Gasteiger partial charge in [0.05, 0.1) is 28.7 Å². The summed E-state index contributed by atoms with van der Waals surface area (Å²) in [4.78, 5) is 13.8. The van der Waals surface area contributed by atoms with E-state index < -0.39 is 0 Å². The highest BCUT2D eigenvalue weighted by atomic mass is 32.1. The summed E-state index contributed by atoms with van der Waals surface area (Å²) in [6, 6.07) is 3.37. The van der Waals surface area contributed by atoms with Crippen LogP contribution in [0.4, 0.5) is 10.3 Å². The van der Waals surface area contributed by atoms with Crippen molar-refractivity contribution >= 4 is 27.5 Å². The molecule has 3 heterocycles. The van der Waals surface area contributed by atoms with Crippen molar-refractivity contribution < 1.29 is 4.39 Å². The zero-order valence-corrected chi connectivity index (χ0v) is 11.9. The van der Waals surface area contributed by atoms with E-state index in [1.807, 2.05) is 19.9 Å². The summed E-state index contributed by atoms with van der Waals surface area (Å²) < 4.78 is 14.2. The summed E-state index contributed by atoms with van der Waals surface area (Å²) in [6.07, 6.45) is 4.62. The second-order valence-corrected chi connectivity index (χ2v) is 5.89. The molecule has 0 fully saturated rings. The van der Waals surface area contributed by atoms with Gasteiger partial charge in [0, 0.05) is 11.1 Å². The molecule has 3 rings (SSSR count). The van der Waals surface area contributed by atoms with Crippen molar-refractivity contribution in [1.82, 2.24) is 15.0 Å². The van der Waals surface area contributed by atoms with Gasteiger partial charge in [-0.3, -0.25) is 4.98 Å². The van der Waals surface area contributed by atoms with Crippen LogP contribution in [0.1, 0.15) is 23.4 Å². The summed E-state index contributed by atoms with van der Waals surface area (Å²) >= 11 is 1.67. The quantitative estimate of drug-likeness (QED) is 0.798. The Morgan fingerprint density at radius 2 is 2.10 bits per heavy atom. The van der Waals surface area contributed by atoms with Gasteiger partial charge in [-0.05, 0) is 31.5 Å². The highest BCUT2D eigenvalue weighted by molar-refractivity contribution is 7.18. The highest BCUT2D eigenvalue weighted by Gasteiger charge is 2.09. The fourth-order valence-electron chi connectivity index (χ4n) is 1.97. The van der Waals surface area contributed by atoms with E-state index in [9.17, 15) is 4.39 Å². The number of rotatable bonds is 3. The molecule has 0 unspecified atom stereocenters. The first-order valence-corrected chi connectivity index (χ1v) is 7.03. The van der Waals surface area contributed by atoms with Gasteiger partial charge >= 0.3 is 0 Å². The van der Waals surface area contributed by atoms with Crippen molar-refractivity contribution in [2.24, 2.45) is 0 Å². The average molecular weight is 288 g/mol. The SMILES string of the molecule is Cc1cc2nc(N[C@@H](C)c3cncc(F)c3)ncc2s1. The molecule has 1 atom stereocenters. The maximum Gasteiger partial charge on any atom is 0.223 e. The molecule has 0 aliphatic carbocycles. The predicted molar refractivity (Wildman–Crippen MR) is 78.4 cm³/mol. The van der Waals surface area contributed by atoms with Crippen LogP contribution >= 0.6 is 11.3 Å². The second kappa shape index (κ2) is 5.13. The topological polar surface area (TPSA) is 50.7 Å². The molecule has 0 radical (unpaired) electrons. The van der Waals surface area contributed by atoms with Gasteiger partial charge < -0.3 is 5.32 Å². The van der Waals surface area contributed by atoms with Crippen molar-refractivity contribution in [2.75, 3.05) is 5.32 Å². The Kier molecular flexibility index (Phi) is 3.31. The number of aryl methyl sites for hydroxylation is 1. The molecule has 4 nitrogen and oxygen atoms in total. The lowest BCUT2D eigenvalue weighted by Crippen LogP contribution is -2.09. The van der Waals surface area contributed by atoms with Crippen molar-refractivity contribution in [1.29, 1.82) is 0 Å². The third kappa shape index (κ3) is 2.60. The monoisotopic (exact) mass is 288 g/mol. The number of aromatic nitrogens is 3. The van der Waals surface area contributed by atoms with E-state index in [0.29, 0.717) is 5.95 Å². The lowest BCUT2D eigenvalue weighted by atomic mass is 10.1. The first kappa shape index (κ1) is 12.9. The van der Waals surface area contributed by atoms with E-state index in [-0.39, 0.29) is 11.9 Å². The molecule has 0 aliphatic rings. The van der Waals surface area contributed by atoms with E-state index in [4.69, 9.17) is 0 Å². The number of hydrogen-bond donors (Lipinski definition) is 1. The van der Waals surface area contributed by atoms with Gasteiger partial charge in [-0.25, -0.2) is 14.4 Å². The predicted octanol–water partition coefficient (Wildman–Crippen LogP) is 3.71. The standard InChI is InChI=1S/C14H13FN4S/c1-8-3-12-13(20-8)7-17-14(19-12)18-9(2)10-4-11(15)6-16-5-10/h3-7,9H,1-2H3,(H,17,18,19)/t9-/m0/s1. The van der Waals surface area contributed by atoms with Gasteiger partial charge in [0.15, 0.2) is 0 Å². The number of fused-ring (bicyclic) bond motifs is 1. The van der Waals surface area contributed by atoms with Crippen molar-refractivity contribution in [3.8, 4) is 0 Å². The van der Waals surface area contributed by atoms with Gasteiger partial charge in [0.2, 0.25) is 5.95 Å². The Bertz CT molecular complexity index is 756. The van der Waals surface area contributed by atoms with Crippen LogP contribution in [0.5, 0.6) is 0 Å². The van der Waals surface area contributed by atoms with Crippen LogP contribution in [-0.2, 0) is 0 Å². The maximum atomic E-state index is 13.2. The molecule has 0 spiro atoms. The Labute approximate surface area is 119 Å². The fourth-order valence-corrected chi connectivity index (χ4v) is 2.81. The van der Waals surface area contributed by atoms with E-state index in [1.165, 1.54) is 17.1 Å². The third-order valence-electron chi connectivity index (χ3n) is 2.97. The molecule has 0 bridgehead atoms. The first-order valence-electron chi connectivity index (χ1n) is 6.22. The molecular formula is C14H13FN4S. The summed E-state index contributed by atoms with van der Waals surface area (Å²) in [6.45, 7) is 3.96. The Hall–Kier alpha value is -2.08. The minimum absolute atomic E-state index is 0.115. The minimum Gasteiger partial charge on any atom is -0.348 e. The van der Waals surface area contributed by atoms with Crippen LogP contribution < -0.4 is 5.32 Å². The lowest BCUT2D eigenvalue weighted by Gasteiger charge is -2.13. The minimum atomic E-state index is -0.346. The molecular weight excluding hydrogens is 275 g/mol. The fraction of sp³-hybridized carbons (Fsp3) is 0.214. The number of anilines is 1. The number of thiophene rings is 1. The van der Waals surface area contributed by atoms with Crippen LogP contribution in [0, 0.1) is 12.7 Å². The van der Waals surface area contributed by atoms with Crippen LogP contribution in [0.25, 0.3) is 10.2 Å². The van der Waals surface area contributed by atoms with E-state index in [1.54, 1.807) is 23.7 Å². The van der Waals surface area contributed by atoms with Crippen LogP contribution in [-0.4, -0.2) is 15.0 Å². The van der Waals surface area contributed by atoms with Crippen molar-refractivity contribution in [3.05, 3.63) is 47.0 Å². The highest BCUT2D eigenvalue weighted by Crippen LogP contribution is 2.24. The normalized spacial score (nSPS) is 12.6. The first-order chi connectivity index (χ1) is 9.61. The van der Waals surface area contributed by atoms with Crippen LogP contribution in [0.2, 0.25) is 0 Å². The largest absolute Gasteiger partial charge is 0.348 e. The summed E-state index contributed by atoms with van der Waals surface area (Å²) in [5.41, 5.74) is 1.68. The van der Waals surface area contributed by atoms with Gasteiger partial charge in [-0.1, -0.05) is 0 Å². The Balaban J connectivity index is 1.85. The average Bonchev–Trinajstić information content (AvgIpc) is 2.78. The Morgan fingerprint density at radius 3 is 2.90 bits per heavy atom. The molecule has 0 aliphatic heterocycles. The molecule has 102 valence electrons.